The first-order valence-electron chi connectivity index (χ1n) is 41.6. The van der Waals surface area contributed by atoms with E-state index >= 15 is 8.78 Å². The lowest BCUT2D eigenvalue weighted by Crippen LogP contribution is -2.44. The van der Waals surface area contributed by atoms with E-state index in [2.05, 4.69) is 98.0 Å². The van der Waals surface area contributed by atoms with Crippen LogP contribution in [0.3, 0.4) is 0 Å². The number of carbonyl (C=O) groups is 3. The highest BCUT2D eigenvalue weighted by Gasteiger charge is 2.53. The fourth-order valence-corrected chi connectivity index (χ4v) is 16.1. The SMILES string of the molecule is CC1(C)OB(c2cc(CN3CCOCC3)ccc2F)OC1(C)C.CCOP(=O)(Cl)OCC.CN1CCN(c2cc(F)c(-c3cc(CN4CCOCC4)ccc3F)cc2NC(=O)c2c[nH]c(=O)cc2C(F)(F)F)CC1.CN1CCN(c2cc(F)c(Br)cc2N)CC1.CN1CCN(c2cc(F)c(Br)cc2NC(=O)c2c[nH]c(=O)cc2C(F)(F)F)CC1.O=C(O)c1c[nH]c(=O)cc1C(F)(F)F. The van der Waals surface area contributed by atoms with Gasteiger partial charge in [-0.2, -0.15) is 39.5 Å². The van der Waals surface area contributed by atoms with Crippen LogP contribution in [0.2, 0.25) is 0 Å². The molecule has 6 fully saturated rings. The number of amides is 2. The standard InChI is InChI=1S/C29H30F5N5O3.C18H17BrF4N4O2.C17H25BFNO3.C11H15BrFN3.C7H4F3NO3.C4H10ClO3P/c1-37-4-6-39(7-5-37)26-15-24(31)20(19-12-18(2-3-23(19)30)17-38-8-10-42-11-9-38)13-25(26)36-28(41)21-16-35-27(40)14-22(21)29(32,33)34;1-26-2-4-27(5-3-26)15-8-13(20)12(19)7-14(15)25-17(29)10-9-24-16(28)6-11(10)18(21,22)23;1-16(2)17(3,4)23-18(22-16)14-11-13(5-6-15(14)19)12-20-7-9-21-10-8-20;1-15-2-4-16(5-3-15)11-7-9(13)8(12)6-10(11)14;8-7(9,10)4-1-5(12)11-2-3(4)6(13)14;1-3-7-9(5,6)8-4-2/h2-3,12-16H,4-11,17H2,1H3,(H,35,40)(H,36,41);6-9H,2-5H2,1H3,(H,24,28)(H,25,29);5-6,11H,7-10,12H2,1-4H3;6-7H,2-5,14H2,1H3;1-2H,(H,11,12)(H,13,14);3-4H2,1-2H3. The van der Waals surface area contributed by atoms with Gasteiger partial charge in [0.2, 0.25) is 16.7 Å². The Labute approximate surface area is 778 Å². The molecule has 133 heavy (non-hydrogen) atoms. The molecule has 0 radical (unpaired) electrons. The highest BCUT2D eigenvalue weighted by atomic mass is 79.9. The van der Waals surface area contributed by atoms with E-state index in [1.54, 1.807) is 26.0 Å². The minimum Gasteiger partial charge on any atom is -0.478 e. The molecule has 9 heterocycles. The molecule has 0 atom stereocenters. The average molecular weight is 2060 g/mol. The number of anilines is 6. The molecule has 3 aromatic heterocycles. The first kappa shape index (κ1) is 107. The lowest BCUT2D eigenvalue weighted by molar-refractivity contribution is -0.138. The Hall–Kier alpha value is -9.32. The van der Waals surface area contributed by atoms with Crippen molar-refractivity contribution in [3.8, 4) is 11.1 Å². The van der Waals surface area contributed by atoms with Gasteiger partial charge in [0.05, 0.1) is 127 Å². The number of hydrogen-bond donors (Lipinski definition) is 7. The van der Waals surface area contributed by atoms with Crippen molar-refractivity contribution in [2.75, 3.05) is 197 Å². The smallest absolute Gasteiger partial charge is 0.478 e. The summed E-state index contributed by atoms with van der Waals surface area (Å²) in [4.78, 5) is 92.3. The molecular weight excluding hydrogens is 1960 g/mol. The lowest BCUT2D eigenvalue weighted by atomic mass is 9.78. The van der Waals surface area contributed by atoms with Crippen LogP contribution in [0.5, 0.6) is 0 Å². The number of benzene rings is 5. The third kappa shape index (κ3) is 30.3. The molecule has 726 valence electrons. The number of rotatable bonds is 18. The van der Waals surface area contributed by atoms with Crippen LogP contribution in [-0.2, 0) is 64.0 Å². The Morgan fingerprint density at radius 3 is 1.23 bits per heavy atom. The number of morpholine rings is 2. The Morgan fingerprint density at radius 1 is 0.489 bits per heavy atom. The largest absolute Gasteiger partial charge is 0.497 e. The number of aromatic carboxylic acids is 1. The molecule has 6 aliphatic heterocycles. The summed E-state index contributed by atoms with van der Waals surface area (Å²) in [6, 6.07) is 18.5. The number of carbonyl (C=O) groups excluding carboxylic acids is 2. The first-order valence-corrected chi connectivity index (χ1v) is 45.6. The van der Waals surface area contributed by atoms with Crippen LogP contribution in [0.15, 0.2) is 133 Å². The van der Waals surface area contributed by atoms with Crippen molar-refractivity contribution in [1.29, 1.82) is 0 Å². The van der Waals surface area contributed by atoms with Gasteiger partial charge >= 0.3 is 38.6 Å². The maximum Gasteiger partial charge on any atom is 0.497 e. The minimum atomic E-state index is -4.97. The molecule has 5 aromatic carbocycles. The number of likely N-dealkylation sites (N-methyl/N-ethyl adjacent to an activating group) is 3. The van der Waals surface area contributed by atoms with Gasteiger partial charge in [0.1, 0.15) is 29.1 Å². The molecule has 2 amide bonds. The maximum absolute atomic E-state index is 15.7. The van der Waals surface area contributed by atoms with E-state index in [4.69, 9.17) is 40.9 Å². The molecule has 0 saturated carbocycles. The zero-order valence-corrected chi connectivity index (χ0v) is 78.5. The molecule has 6 saturated heterocycles. The second-order valence-electron chi connectivity index (χ2n) is 32.2. The zero-order chi connectivity index (χ0) is 98.0. The number of H-pyrrole nitrogens is 3. The molecule has 8 aromatic rings. The Balaban J connectivity index is 0.000000192. The fourth-order valence-electron chi connectivity index (χ4n) is 14.1. The monoisotopic (exact) mass is 2050 g/mol. The van der Waals surface area contributed by atoms with Crippen molar-refractivity contribution in [2.45, 2.75) is 84.4 Å². The van der Waals surface area contributed by atoms with Crippen LogP contribution >= 0.6 is 50.0 Å². The van der Waals surface area contributed by atoms with Gasteiger partial charge in [0, 0.05) is 195 Å². The van der Waals surface area contributed by atoms with Gasteiger partial charge in [-0.25, -0.2) is 31.3 Å². The number of pyridine rings is 3. The van der Waals surface area contributed by atoms with Crippen molar-refractivity contribution in [1.82, 2.24) is 39.5 Å². The number of nitrogens with zero attached hydrogens (tertiary/aromatic N) is 8. The highest BCUT2D eigenvalue weighted by Crippen LogP contribution is 2.53. The molecule has 47 heteroatoms. The summed E-state index contributed by atoms with van der Waals surface area (Å²) in [7, 11) is 5.29. The third-order valence-corrected chi connectivity index (χ3v) is 25.0. The number of nitrogens with two attached hydrogens (primary N) is 1. The van der Waals surface area contributed by atoms with Crippen molar-refractivity contribution in [3.63, 3.8) is 0 Å². The van der Waals surface area contributed by atoms with Gasteiger partial charge in [-0.05, 0) is 148 Å². The van der Waals surface area contributed by atoms with E-state index in [0.29, 0.717) is 150 Å². The minimum absolute atomic E-state index is 0.0123. The number of alkyl halides is 9. The predicted molar refractivity (Wildman–Crippen MR) is 484 cm³/mol. The van der Waals surface area contributed by atoms with E-state index in [1.807, 2.05) is 68.7 Å². The zero-order valence-electron chi connectivity index (χ0n) is 73.7. The van der Waals surface area contributed by atoms with E-state index in [-0.39, 0.29) is 50.4 Å². The summed E-state index contributed by atoms with van der Waals surface area (Å²) in [6.45, 7) is 24.3. The van der Waals surface area contributed by atoms with Gasteiger partial charge in [0.25, 0.3) is 11.8 Å². The van der Waals surface area contributed by atoms with Gasteiger partial charge in [-0.3, -0.25) is 42.8 Å². The van der Waals surface area contributed by atoms with Gasteiger partial charge in [0.15, 0.2) is 0 Å². The number of nitrogens with one attached hydrogen (secondary N) is 5. The summed E-state index contributed by atoms with van der Waals surface area (Å²) in [5.41, 5.74) is -0.443. The normalized spacial score (nSPS) is 17.0. The number of aromatic amines is 3. The van der Waals surface area contributed by atoms with E-state index < -0.39 is 129 Å². The number of nitrogen functional groups attached to an aromatic ring is 1. The number of ether oxygens (including phenoxy) is 2. The molecule has 6 aliphatic rings. The number of carboxylic acid groups (broad SMARTS) is 1. The summed E-state index contributed by atoms with van der Waals surface area (Å²) < 4.78 is 233. The maximum atomic E-state index is 15.7. The van der Waals surface area contributed by atoms with Crippen molar-refractivity contribution >= 4 is 115 Å². The predicted octanol–water partition coefficient (Wildman–Crippen LogP) is 14.9. The van der Waals surface area contributed by atoms with Crippen molar-refractivity contribution in [3.05, 3.63) is 223 Å². The molecule has 0 aliphatic carbocycles. The molecular formula is C86H101BBr2ClF14N14O14P. The lowest BCUT2D eigenvalue weighted by Gasteiger charge is -2.35. The summed E-state index contributed by atoms with van der Waals surface area (Å²) in [5.74, 6) is -6.51. The molecule has 14 rings (SSSR count). The van der Waals surface area contributed by atoms with E-state index in [0.717, 1.165) is 75.8 Å². The number of aromatic nitrogens is 3. The van der Waals surface area contributed by atoms with Crippen LogP contribution in [0.4, 0.5) is 95.6 Å². The number of piperazine rings is 3. The van der Waals surface area contributed by atoms with Crippen molar-refractivity contribution in [2.24, 2.45) is 0 Å². The first-order chi connectivity index (χ1) is 62.3. The molecule has 0 spiro atoms. The second-order valence-corrected chi connectivity index (χ2v) is 36.5. The van der Waals surface area contributed by atoms with Crippen LogP contribution < -0.4 is 53.2 Å². The Morgan fingerprint density at radius 2 is 0.835 bits per heavy atom. The number of hydrogen-bond acceptors (Lipinski definition) is 22. The van der Waals surface area contributed by atoms with E-state index in [9.17, 15) is 86.0 Å². The van der Waals surface area contributed by atoms with Crippen LogP contribution in [-0.4, -0.2) is 246 Å². The summed E-state index contributed by atoms with van der Waals surface area (Å²) in [6.07, 6.45) is -12.8. The number of halogens is 17. The molecule has 8 N–H and O–H groups in total. The van der Waals surface area contributed by atoms with Crippen LogP contribution in [0.25, 0.3) is 11.1 Å². The second kappa shape index (κ2) is 47.0. The fraction of sp³-hybridized carbons (Fsp3) is 0.442. The summed E-state index contributed by atoms with van der Waals surface area (Å²) in [5, 5.41) is 13.3. The summed E-state index contributed by atoms with van der Waals surface area (Å²) >= 11 is 11.4. The Kier molecular flexibility index (Phi) is 37.9. The molecule has 0 unspecified atom stereocenters. The van der Waals surface area contributed by atoms with Gasteiger partial charge in [-0.1, -0.05) is 18.2 Å². The molecule has 28 nitrogen and oxygen atoms in total. The van der Waals surface area contributed by atoms with Gasteiger partial charge in [-0.15, -0.1) is 0 Å². The number of carboxylic acids is 1. The van der Waals surface area contributed by atoms with Crippen molar-refractivity contribution < 1.29 is 113 Å². The quantitative estimate of drug-likeness (QED) is 0.0182. The Bertz CT molecular complexity index is 5580. The molecule has 0 bridgehead atoms. The van der Waals surface area contributed by atoms with Gasteiger partial charge < -0.3 is 84.6 Å². The van der Waals surface area contributed by atoms with Crippen LogP contribution in [0, 0.1) is 29.1 Å². The van der Waals surface area contributed by atoms with E-state index in [1.165, 1.54) is 48.5 Å². The van der Waals surface area contributed by atoms with Crippen LogP contribution in [0.1, 0.15) is 100 Å². The topological polar surface area (TPSA) is 318 Å². The third-order valence-electron chi connectivity index (χ3n) is 22.1. The average Bonchev–Trinajstić information content (AvgIpc) is 1.75. The highest BCUT2D eigenvalue weighted by molar-refractivity contribution is 9.10.